The van der Waals surface area contributed by atoms with Crippen molar-refractivity contribution in [2.24, 2.45) is 5.92 Å². The Balaban J connectivity index is 2.25. The van der Waals surface area contributed by atoms with Gasteiger partial charge in [0.25, 0.3) is 0 Å². The third kappa shape index (κ3) is 2.77. The van der Waals surface area contributed by atoms with Crippen LogP contribution in [-0.2, 0) is 6.42 Å². The molecular weight excluding hydrogens is 224 g/mol. The predicted octanol–water partition coefficient (Wildman–Crippen LogP) is 3.26. The Kier molecular flexibility index (Phi) is 4.44. The Morgan fingerprint density at radius 2 is 2.17 bits per heavy atom. The van der Waals surface area contributed by atoms with Gasteiger partial charge in [-0.2, -0.15) is 0 Å². The molecule has 1 fully saturated rings. The number of nitrogens with zero attached hydrogens (tertiary/aromatic N) is 2. The largest absolute Gasteiger partial charge is 0.393 e. The molecule has 102 valence electrons. The molecule has 2 rings (SSSR count). The normalized spacial score (nSPS) is 28.6. The maximum Gasteiger partial charge on any atom is 0.108 e. The summed E-state index contributed by atoms with van der Waals surface area (Å²) in [4.78, 5) is 4.61. The molecule has 3 atom stereocenters. The second kappa shape index (κ2) is 5.87. The van der Waals surface area contributed by atoms with Gasteiger partial charge in [0.05, 0.1) is 11.8 Å². The second-order valence-corrected chi connectivity index (χ2v) is 5.64. The van der Waals surface area contributed by atoms with Gasteiger partial charge in [0.2, 0.25) is 0 Å². The summed E-state index contributed by atoms with van der Waals surface area (Å²) in [5.74, 6) is 1.88. The van der Waals surface area contributed by atoms with Crippen LogP contribution in [0, 0.1) is 12.8 Å². The monoisotopic (exact) mass is 250 g/mol. The number of aliphatic hydroxyl groups excluding tert-OH is 1. The molecule has 1 aromatic rings. The van der Waals surface area contributed by atoms with Crippen LogP contribution in [0.3, 0.4) is 0 Å². The summed E-state index contributed by atoms with van der Waals surface area (Å²) < 4.78 is 2.35. The summed E-state index contributed by atoms with van der Waals surface area (Å²) in [5.41, 5.74) is 1.10. The number of aromatic nitrogens is 2. The number of imidazole rings is 1. The molecule has 1 aliphatic carbocycles. The number of hydrogen-bond acceptors (Lipinski definition) is 2. The van der Waals surface area contributed by atoms with Crippen LogP contribution in [0.25, 0.3) is 0 Å². The van der Waals surface area contributed by atoms with E-state index in [1.807, 2.05) is 0 Å². The van der Waals surface area contributed by atoms with E-state index in [1.165, 1.54) is 18.7 Å². The Bertz CT molecular complexity index is 386. The topological polar surface area (TPSA) is 38.0 Å². The fourth-order valence-corrected chi connectivity index (χ4v) is 3.35. The van der Waals surface area contributed by atoms with Gasteiger partial charge in [-0.05, 0) is 38.5 Å². The standard InChI is InChI=1S/C15H26N2O/c1-4-6-12-7-8-13(18)9-14(12)17-10-11(3)16-15(17)5-2/h10,12-14,18H,4-9H2,1-3H3. The fraction of sp³-hybridized carbons (Fsp3) is 0.800. The molecular formula is C15H26N2O. The van der Waals surface area contributed by atoms with Gasteiger partial charge in [0.1, 0.15) is 5.82 Å². The summed E-state index contributed by atoms with van der Waals surface area (Å²) in [7, 11) is 0. The third-order valence-corrected chi connectivity index (χ3v) is 4.19. The highest BCUT2D eigenvalue weighted by Crippen LogP contribution is 2.37. The Morgan fingerprint density at radius 1 is 1.39 bits per heavy atom. The van der Waals surface area contributed by atoms with Gasteiger partial charge < -0.3 is 9.67 Å². The van der Waals surface area contributed by atoms with Crippen LogP contribution in [0.15, 0.2) is 6.20 Å². The molecule has 1 aliphatic rings. The third-order valence-electron chi connectivity index (χ3n) is 4.19. The fourth-order valence-electron chi connectivity index (χ4n) is 3.35. The summed E-state index contributed by atoms with van der Waals surface area (Å²) in [6, 6.07) is 0.449. The average molecular weight is 250 g/mol. The number of hydrogen-bond donors (Lipinski definition) is 1. The molecule has 1 aromatic heterocycles. The summed E-state index contributed by atoms with van der Waals surface area (Å²) in [5, 5.41) is 9.96. The van der Waals surface area contributed by atoms with Crippen LogP contribution in [0.5, 0.6) is 0 Å². The zero-order chi connectivity index (χ0) is 13.1. The van der Waals surface area contributed by atoms with Crippen LogP contribution in [-0.4, -0.2) is 20.8 Å². The molecule has 0 radical (unpaired) electrons. The van der Waals surface area contributed by atoms with Crippen molar-refractivity contribution in [1.29, 1.82) is 0 Å². The average Bonchev–Trinajstić information content (AvgIpc) is 2.73. The zero-order valence-corrected chi connectivity index (χ0v) is 11.9. The van der Waals surface area contributed by atoms with Gasteiger partial charge >= 0.3 is 0 Å². The highest BCUT2D eigenvalue weighted by Gasteiger charge is 2.31. The lowest BCUT2D eigenvalue weighted by molar-refractivity contribution is 0.0684. The highest BCUT2D eigenvalue weighted by atomic mass is 16.3. The van der Waals surface area contributed by atoms with E-state index in [4.69, 9.17) is 0 Å². The van der Waals surface area contributed by atoms with Crippen molar-refractivity contribution in [3.63, 3.8) is 0 Å². The Hall–Kier alpha value is -0.830. The van der Waals surface area contributed by atoms with Gasteiger partial charge in [-0.25, -0.2) is 4.98 Å². The first-order chi connectivity index (χ1) is 8.65. The maximum absolute atomic E-state index is 9.96. The minimum Gasteiger partial charge on any atom is -0.393 e. The van der Waals surface area contributed by atoms with Crippen molar-refractivity contribution in [2.45, 2.75) is 71.4 Å². The predicted molar refractivity (Wildman–Crippen MR) is 73.6 cm³/mol. The molecule has 1 heterocycles. The number of aryl methyl sites for hydroxylation is 2. The summed E-state index contributed by atoms with van der Waals surface area (Å²) >= 11 is 0. The first-order valence-electron chi connectivity index (χ1n) is 7.38. The van der Waals surface area contributed by atoms with Crippen LogP contribution in [0.1, 0.15) is 63.5 Å². The van der Waals surface area contributed by atoms with Crippen LogP contribution in [0.4, 0.5) is 0 Å². The summed E-state index contributed by atoms with van der Waals surface area (Å²) in [6.07, 6.45) is 8.52. The first kappa shape index (κ1) is 13.6. The Morgan fingerprint density at radius 3 is 2.83 bits per heavy atom. The molecule has 3 unspecified atom stereocenters. The van der Waals surface area contributed by atoms with Gasteiger partial charge in [-0.1, -0.05) is 20.3 Å². The van der Waals surface area contributed by atoms with Gasteiger partial charge in [-0.3, -0.25) is 0 Å². The SMILES string of the molecule is CCCC1CCC(O)CC1n1cc(C)nc1CC. The zero-order valence-electron chi connectivity index (χ0n) is 11.9. The van der Waals surface area contributed by atoms with E-state index in [2.05, 4.69) is 36.5 Å². The quantitative estimate of drug-likeness (QED) is 0.890. The van der Waals surface area contributed by atoms with E-state index in [0.29, 0.717) is 12.0 Å². The maximum atomic E-state index is 9.96. The molecule has 0 aliphatic heterocycles. The lowest BCUT2D eigenvalue weighted by atomic mass is 9.80. The molecule has 1 saturated carbocycles. The number of rotatable bonds is 4. The second-order valence-electron chi connectivity index (χ2n) is 5.64. The van der Waals surface area contributed by atoms with Gasteiger partial charge in [0, 0.05) is 18.7 Å². The molecule has 0 aromatic carbocycles. The smallest absolute Gasteiger partial charge is 0.108 e. The lowest BCUT2D eigenvalue weighted by Gasteiger charge is -2.35. The number of aliphatic hydroxyl groups is 1. The van der Waals surface area contributed by atoms with Crippen LogP contribution in [0.2, 0.25) is 0 Å². The molecule has 3 nitrogen and oxygen atoms in total. The molecule has 1 N–H and O–H groups in total. The highest BCUT2D eigenvalue weighted by molar-refractivity contribution is 5.05. The van der Waals surface area contributed by atoms with E-state index in [1.54, 1.807) is 0 Å². The summed E-state index contributed by atoms with van der Waals surface area (Å²) in [6.45, 7) is 6.47. The van der Waals surface area contributed by atoms with Crippen molar-refractivity contribution in [3.05, 3.63) is 17.7 Å². The van der Waals surface area contributed by atoms with E-state index >= 15 is 0 Å². The van der Waals surface area contributed by atoms with Crippen molar-refractivity contribution in [3.8, 4) is 0 Å². The van der Waals surface area contributed by atoms with Crippen molar-refractivity contribution >= 4 is 0 Å². The van der Waals surface area contributed by atoms with E-state index in [-0.39, 0.29) is 6.10 Å². The van der Waals surface area contributed by atoms with E-state index in [0.717, 1.165) is 31.4 Å². The molecule has 0 spiro atoms. The van der Waals surface area contributed by atoms with Crippen LogP contribution < -0.4 is 0 Å². The molecule has 0 amide bonds. The molecule has 18 heavy (non-hydrogen) atoms. The van der Waals surface area contributed by atoms with Crippen molar-refractivity contribution in [1.82, 2.24) is 9.55 Å². The van der Waals surface area contributed by atoms with Crippen molar-refractivity contribution in [2.75, 3.05) is 0 Å². The minimum absolute atomic E-state index is 0.129. The van der Waals surface area contributed by atoms with E-state index in [9.17, 15) is 5.11 Å². The first-order valence-corrected chi connectivity index (χ1v) is 7.38. The van der Waals surface area contributed by atoms with Gasteiger partial charge in [-0.15, -0.1) is 0 Å². The molecule has 0 saturated heterocycles. The van der Waals surface area contributed by atoms with Gasteiger partial charge in [0.15, 0.2) is 0 Å². The van der Waals surface area contributed by atoms with Crippen LogP contribution >= 0.6 is 0 Å². The van der Waals surface area contributed by atoms with E-state index < -0.39 is 0 Å². The molecule has 0 bridgehead atoms. The van der Waals surface area contributed by atoms with Crippen molar-refractivity contribution < 1.29 is 5.11 Å². The minimum atomic E-state index is -0.129. The molecule has 3 heteroatoms. The lowest BCUT2D eigenvalue weighted by Crippen LogP contribution is -2.30. The Labute approximate surface area is 110 Å².